The van der Waals surface area contributed by atoms with Crippen LogP contribution in [0.3, 0.4) is 0 Å². The molecule has 1 aliphatic carbocycles. The molecule has 2 amide bonds. The van der Waals surface area contributed by atoms with Crippen LogP contribution in [-0.2, 0) is 9.59 Å². The molecule has 1 saturated carbocycles. The normalized spacial score (nSPS) is 22.7. The van der Waals surface area contributed by atoms with E-state index in [9.17, 15) is 9.59 Å². The van der Waals surface area contributed by atoms with Crippen LogP contribution in [0.25, 0.3) is 0 Å². The number of benzene rings is 1. The minimum Gasteiger partial charge on any atom is -0.376 e. The van der Waals surface area contributed by atoms with Crippen LogP contribution >= 0.6 is 0 Å². The van der Waals surface area contributed by atoms with Gasteiger partial charge in [-0.2, -0.15) is 0 Å². The van der Waals surface area contributed by atoms with Crippen molar-refractivity contribution in [1.29, 1.82) is 0 Å². The zero-order chi connectivity index (χ0) is 14.3. The highest BCUT2D eigenvalue weighted by atomic mass is 16.2. The summed E-state index contributed by atoms with van der Waals surface area (Å²) in [6.07, 6.45) is 2.06. The fourth-order valence-corrected chi connectivity index (χ4v) is 2.69. The van der Waals surface area contributed by atoms with Crippen molar-refractivity contribution in [2.24, 2.45) is 5.92 Å². The number of piperazine rings is 1. The molecule has 5 heteroatoms. The van der Waals surface area contributed by atoms with Crippen molar-refractivity contribution < 1.29 is 9.59 Å². The van der Waals surface area contributed by atoms with Gasteiger partial charge in [-0.15, -0.1) is 0 Å². The van der Waals surface area contributed by atoms with Gasteiger partial charge in [0.1, 0.15) is 12.6 Å². The van der Waals surface area contributed by atoms with Crippen molar-refractivity contribution in [3.63, 3.8) is 0 Å². The quantitative estimate of drug-likeness (QED) is 0.893. The average Bonchev–Trinajstić information content (AvgIpc) is 3.25. The Bertz CT molecular complexity index is 552. The predicted octanol–water partition coefficient (Wildman–Crippen LogP) is 0.994. The lowest BCUT2D eigenvalue weighted by molar-refractivity contribution is -0.131. The molecule has 1 N–H and O–H groups in total. The van der Waals surface area contributed by atoms with E-state index in [4.69, 9.17) is 0 Å². The molecule has 0 bridgehead atoms. The molecule has 0 aromatic heterocycles. The first-order valence-electron chi connectivity index (χ1n) is 6.95. The van der Waals surface area contributed by atoms with E-state index in [0.717, 1.165) is 24.2 Å². The van der Waals surface area contributed by atoms with E-state index in [1.165, 1.54) is 0 Å². The van der Waals surface area contributed by atoms with E-state index < -0.39 is 0 Å². The Morgan fingerprint density at radius 2 is 1.90 bits per heavy atom. The number of carbonyl (C=O) groups is 2. The highest BCUT2D eigenvalue weighted by molar-refractivity contribution is 6.08. The number of anilines is 2. The fraction of sp³-hybridized carbons (Fsp3) is 0.467. The Morgan fingerprint density at radius 3 is 2.55 bits per heavy atom. The van der Waals surface area contributed by atoms with Gasteiger partial charge in [0, 0.05) is 14.1 Å². The fourth-order valence-electron chi connectivity index (χ4n) is 2.69. The second-order valence-electron chi connectivity index (χ2n) is 5.69. The summed E-state index contributed by atoms with van der Waals surface area (Å²) in [5.74, 6) is 0.261. The van der Waals surface area contributed by atoms with E-state index in [1.807, 2.05) is 43.3 Å². The third-order valence-corrected chi connectivity index (χ3v) is 3.90. The number of carbonyl (C=O) groups excluding carboxylic acids is 2. The van der Waals surface area contributed by atoms with Crippen molar-refractivity contribution in [1.82, 2.24) is 5.32 Å². The maximum absolute atomic E-state index is 12.6. The monoisotopic (exact) mass is 273 g/mol. The van der Waals surface area contributed by atoms with Crippen LogP contribution in [0.1, 0.15) is 12.8 Å². The lowest BCUT2D eigenvalue weighted by atomic mass is 10.1. The Balaban J connectivity index is 1.95. The van der Waals surface area contributed by atoms with Gasteiger partial charge in [-0.1, -0.05) is 12.1 Å². The molecule has 0 radical (unpaired) electrons. The van der Waals surface area contributed by atoms with Gasteiger partial charge in [0.15, 0.2) is 0 Å². The molecule has 2 fully saturated rings. The summed E-state index contributed by atoms with van der Waals surface area (Å²) < 4.78 is 0. The molecule has 1 aromatic rings. The van der Waals surface area contributed by atoms with Crippen LogP contribution in [0.4, 0.5) is 11.4 Å². The number of hydrogen-bond donors (Lipinski definition) is 1. The lowest BCUT2D eigenvalue weighted by Crippen LogP contribution is -2.59. The van der Waals surface area contributed by atoms with Crippen molar-refractivity contribution in [3.05, 3.63) is 24.3 Å². The molecule has 1 unspecified atom stereocenters. The van der Waals surface area contributed by atoms with E-state index in [1.54, 1.807) is 4.90 Å². The minimum atomic E-state index is -0.341. The molecular formula is C15H19N3O2. The lowest BCUT2D eigenvalue weighted by Gasteiger charge is -2.34. The van der Waals surface area contributed by atoms with Gasteiger partial charge in [0.25, 0.3) is 0 Å². The van der Waals surface area contributed by atoms with Crippen LogP contribution in [0.2, 0.25) is 0 Å². The Hall–Kier alpha value is -2.04. The molecule has 1 aliphatic heterocycles. The molecule has 5 nitrogen and oxygen atoms in total. The average molecular weight is 273 g/mol. The third kappa shape index (κ3) is 2.24. The summed E-state index contributed by atoms with van der Waals surface area (Å²) in [6.45, 7) is 0.104. The first kappa shape index (κ1) is 13.0. The summed E-state index contributed by atoms with van der Waals surface area (Å²) in [4.78, 5) is 28.1. The molecule has 1 heterocycles. The molecular weight excluding hydrogens is 254 g/mol. The second kappa shape index (κ2) is 4.81. The number of rotatable bonds is 3. The zero-order valence-corrected chi connectivity index (χ0v) is 11.8. The van der Waals surface area contributed by atoms with Gasteiger partial charge in [-0.3, -0.25) is 14.5 Å². The first-order valence-corrected chi connectivity index (χ1v) is 6.95. The largest absolute Gasteiger partial charge is 0.376 e. The molecule has 1 saturated heterocycles. The number of nitrogens with zero attached hydrogens (tertiary/aromatic N) is 2. The highest BCUT2D eigenvalue weighted by Crippen LogP contribution is 2.36. The summed E-state index contributed by atoms with van der Waals surface area (Å²) in [5, 5.41) is 2.83. The molecule has 0 spiro atoms. The van der Waals surface area contributed by atoms with Gasteiger partial charge in [-0.25, -0.2) is 0 Å². The maximum atomic E-state index is 12.6. The highest BCUT2D eigenvalue weighted by Gasteiger charge is 2.43. The molecule has 20 heavy (non-hydrogen) atoms. The molecule has 1 atom stereocenters. The van der Waals surface area contributed by atoms with Crippen molar-refractivity contribution in [2.75, 3.05) is 30.4 Å². The molecule has 106 valence electrons. The predicted molar refractivity (Wildman–Crippen MR) is 77.8 cm³/mol. The number of hydrogen-bond acceptors (Lipinski definition) is 3. The first-order chi connectivity index (χ1) is 9.58. The summed E-state index contributed by atoms with van der Waals surface area (Å²) in [6, 6.07) is 7.35. The van der Waals surface area contributed by atoms with Crippen LogP contribution in [0.15, 0.2) is 24.3 Å². The SMILES string of the molecule is CN(C)c1ccccc1N1CC(=O)NC(C2CC2)C1=O. The van der Waals surface area contributed by atoms with Crippen LogP contribution < -0.4 is 15.1 Å². The summed E-state index contributed by atoms with van der Waals surface area (Å²) in [5.41, 5.74) is 1.76. The van der Waals surface area contributed by atoms with Gasteiger partial charge in [0.2, 0.25) is 11.8 Å². The third-order valence-electron chi connectivity index (χ3n) is 3.90. The van der Waals surface area contributed by atoms with Crippen LogP contribution in [0, 0.1) is 5.92 Å². The van der Waals surface area contributed by atoms with Gasteiger partial charge in [-0.05, 0) is 30.9 Å². The molecule has 3 rings (SSSR count). The molecule has 1 aromatic carbocycles. The van der Waals surface area contributed by atoms with E-state index in [2.05, 4.69) is 5.32 Å². The Kier molecular flexibility index (Phi) is 3.12. The minimum absolute atomic E-state index is 0.0152. The number of para-hydroxylation sites is 2. The maximum Gasteiger partial charge on any atom is 0.250 e. The van der Waals surface area contributed by atoms with E-state index in [-0.39, 0.29) is 24.4 Å². The van der Waals surface area contributed by atoms with E-state index in [0.29, 0.717) is 5.92 Å². The Morgan fingerprint density at radius 1 is 1.20 bits per heavy atom. The molecule has 2 aliphatic rings. The van der Waals surface area contributed by atoms with Crippen molar-refractivity contribution in [2.45, 2.75) is 18.9 Å². The van der Waals surface area contributed by atoms with Crippen LogP contribution in [0.5, 0.6) is 0 Å². The van der Waals surface area contributed by atoms with E-state index >= 15 is 0 Å². The van der Waals surface area contributed by atoms with Crippen molar-refractivity contribution >= 4 is 23.2 Å². The standard InChI is InChI=1S/C15H19N3O2/c1-17(2)11-5-3-4-6-12(11)18-9-13(19)16-14(15(18)20)10-7-8-10/h3-6,10,14H,7-9H2,1-2H3,(H,16,19). The Labute approximate surface area is 118 Å². The number of amides is 2. The van der Waals surface area contributed by atoms with Crippen molar-refractivity contribution in [3.8, 4) is 0 Å². The summed E-state index contributed by atoms with van der Waals surface area (Å²) >= 11 is 0. The number of nitrogens with one attached hydrogen (secondary N) is 1. The smallest absolute Gasteiger partial charge is 0.250 e. The van der Waals surface area contributed by atoms with Gasteiger partial charge >= 0.3 is 0 Å². The van der Waals surface area contributed by atoms with Crippen LogP contribution in [-0.4, -0.2) is 38.5 Å². The van der Waals surface area contributed by atoms with Gasteiger partial charge < -0.3 is 10.2 Å². The zero-order valence-electron chi connectivity index (χ0n) is 11.8. The topological polar surface area (TPSA) is 52.6 Å². The summed E-state index contributed by atoms with van der Waals surface area (Å²) in [7, 11) is 3.87. The second-order valence-corrected chi connectivity index (χ2v) is 5.69. The van der Waals surface area contributed by atoms with Gasteiger partial charge in [0.05, 0.1) is 11.4 Å².